The number of nitriles is 1. The van der Waals surface area contributed by atoms with Crippen molar-refractivity contribution in [2.75, 3.05) is 31.1 Å². The van der Waals surface area contributed by atoms with E-state index in [1.807, 2.05) is 36.4 Å². The largest absolute Gasteiger partial charge is 0.366 e. The summed E-state index contributed by atoms with van der Waals surface area (Å²) in [4.78, 5) is 22.0. The molecular formula is C27H23BrFN5O. The third kappa shape index (κ3) is 4.33. The fourth-order valence-electron chi connectivity index (χ4n) is 4.88. The van der Waals surface area contributed by atoms with Crippen LogP contribution in [0.5, 0.6) is 0 Å². The summed E-state index contributed by atoms with van der Waals surface area (Å²) in [5.41, 5.74) is 3.84. The highest BCUT2D eigenvalue weighted by Crippen LogP contribution is 2.33. The van der Waals surface area contributed by atoms with E-state index in [-0.39, 0.29) is 23.0 Å². The molecule has 0 aliphatic carbocycles. The lowest BCUT2D eigenvalue weighted by Crippen LogP contribution is -2.48. The topological polar surface area (TPSA) is 65.2 Å². The minimum absolute atomic E-state index is 0.0259. The van der Waals surface area contributed by atoms with Crippen LogP contribution < -0.4 is 10.5 Å². The molecule has 5 rings (SSSR count). The summed E-state index contributed by atoms with van der Waals surface area (Å²) in [5, 5.41) is 9.87. The van der Waals surface area contributed by atoms with Crippen molar-refractivity contribution in [1.82, 2.24) is 14.5 Å². The Balaban J connectivity index is 1.51. The van der Waals surface area contributed by atoms with Crippen LogP contribution in [0, 0.1) is 17.1 Å². The van der Waals surface area contributed by atoms with E-state index in [0.29, 0.717) is 47.5 Å². The second kappa shape index (κ2) is 9.61. The van der Waals surface area contributed by atoms with E-state index in [9.17, 15) is 14.4 Å². The molecule has 8 heteroatoms. The molecule has 1 fully saturated rings. The molecule has 6 nitrogen and oxygen atoms in total. The van der Waals surface area contributed by atoms with Crippen molar-refractivity contribution in [3.63, 3.8) is 0 Å². The molecule has 2 aromatic heterocycles. The predicted molar refractivity (Wildman–Crippen MR) is 138 cm³/mol. The van der Waals surface area contributed by atoms with Gasteiger partial charge in [-0.3, -0.25) is 9.69 Å². The van der Waals surface area contributed by atoms with Crippen molar-refractivity contribution >= 4 is 32.7 Å². The smallest absolute Gasteiger partial charge is 0.270 e. The Morgan fingerprint density at radius 2 is 1.63 bits per heavy atom. The number of benzene rings is 2. The highest BCUT2D eigenvalue weighted by atomic mass is 79.9. The molecule has 176 valence electrons. The monoisotopic (exact) mass is 531 g/mol. The molecule has 0 N–H and O–H groups in total. The summed E-state index contributed by atoms with van der Waals surface area (Å²) in [5.74, 6) is -0.259. The molecule has 1 atom stereocenters. The zero-order valence-electron chi connectivity index (χ0n) is 19.2. The van der Waals surface area contributed by atoms with Crippen LogP contribution in [0.25, 0.3) is 11.0 Å². The molecule has 1 aliphatic rings. The normalized spacial score (nSPS) is 15.2. The Bertz CT molecular complexity index is 1470. The summed E-state index contributed by atoms with van der Waals surface area (Å²) in [6.07, 6.45) is 0. The van der Waals surface area contributed by atoms with Crippen LogP contribution in [0.2, 0.25) is 0 Å². The molecule has 0 saturated carbocycles. The van der Waals surface area contributed by atoms with E-state index in [4.69, 9.17) is 0 Å². The fourth-order valence-corrected chi connectivity index (χ4v) is 5.19. The lowest BCUT2D eigenvalue weighted by molar-refractivity contribution is 0.212. The number of rotatable bonds is 4. The Hall–Kier alpha value is -3.54. The molecule has 35 heavy (non-hydrogen) atoms. The molecule has 1 aliphatic heterocycles. The van der Waals surface area contributed by atoms with Gasteiger partial charge in [-0.2, -0.15) is 5.26 Å². The van der Waals surface area contributed by atoms with Crippen LogP contribution in [0.4, 0.5) is 10.1 Å². The summed E-state index contributed by atoms with van der Waals surface area (Å²) in [6.45, 7) is 2.64. The van der Waals surface area contributed by atoms with Gasteiger partial charge in [-0.05, 0) is 51.3 Å². The lowest BCUT2D eigenvalue weighted by Gasteiger charge is -2.41. The van der Waals surface area contributed by atoms with Crippen LogP contribution in [0.1, 0.15) is 22.7 Å². The van der Waals surface area contributed by atoms with Crippen molar-refractivity contribution in [3.05, 3.63) is 104 Å². The first-order valence-electron chi connectivity index (χ1n) is 11.4. The first-order valence-corrected chi connectivity index (χ1v) is 12.2. The van der Waals surface area contributed by atoms with Crippen molar-refractivity contribution in [2.45, 2.75) is 6.04 Å². The minimum atomic E-state index is -0.324. The van der Waals surface area contributed by atoms with E-state index < -0.39 is 0 Å². The predicted octanol–water partition coefficient (Wildman–Crippen LogP) is 4.62. The number of aromatic nitrogens is 2. The van der Waals surface area contributed by atoms with E-state index in [2.05, 4.69) is 48.9 Å². The third-order valence-corrected chi connectivity index (χ3v) is 7.03. The molecule has 1 saturated heterocycles. The Kier molecular flexibility index (Phi) is 6.37. The zero-order valence-corrected chi connectivity index (χ0v) is 20.7. The second-order valence-electron chi connectivity index (χ2n) is 8.59. The van der Waals surface area contributed by atoms with Gasteiger partial charge in [0.25, 0.3) is 5.56 Å². The van der Waals surface area contributed by atoms with E-state index in [1.54, 1.807) is 13.1 Å². The van der Waals surface area contributed by atoms with Crippen molar-refractivity contribution in [3.8, 4) is 6.07 Å². The summed E-state index contributed by atoms with van der Waals surface area (Å²) in [6, 6.07) is 22.6. The highest BCUT2D eigenvalue weighted by molar-refractivity contribution is 9.10. The fraction of sp³-hybridized carbons (Fsp3) is 0.222. The number of pyridine rings is 2. The number of aryl methyl sites for hydroxylation is 1. The van der Waals surface area contributed by atoms with Crippen LogP contribution in [-0.2, 0) is 7.05 Å². The molecule has 3 heterocycles. The zero-order chi connectivity index (χ0) is 24.5. The molecule has 2 aromatic carbocycles. The van der Waals surface area contributed by atoms with Gasteiger partial charge in [0.15, 0.2) is 0 Å². The average Bonchev–Trinajstić information content (AvgIpc) is 2.88. The third-order valence-electron chi connectivity index (χ3n) is 6.59. The van der Waals surface area contributed by atoms with E-state index >= 15 is 0 Å². The Morgan fingerprint density at radius 1 is 0.971 bits per heavy atom. The van der Waals surface area contributed by atoms with Gasteiger partial charge in [0.1, 0.15) is 27.6 Å². The van der Waals surface area contributed by atoms with Crippen LogP contribution in [0.15, 0.2) is 76.1 Å². The van der Waals surface area contributed by atoms with Crippen LogP contribution in [0.3, 0.4) is 0 Å². The molecule has 4 aromatic rings. The van der Waals surface area contributed by atoms with Crippen LogP contribution in [-0.4, -0.2) is 40.6 Å². The Morgan fingerprint density at radius 3 is 2.29 bits per heavy atom. The summed E-state index contributed by atoms with van der Waals surface area (Å²) >= 11 is 3.43. The van der Waals surface area contributed by atoms with Crippen molar-refractivity contribution in [2.24, 2.45) is 7.05 Å². The second-order valence-corrected chi connectivity index (χ2v) is 9.40. The number of hydrogen-bond acceptors (Lipinski definition) is 5. The SMILES string of the molecule is Cn1c(=O)c(C#N)c(N2CCN(C(c3ccccc3)c3ccc(F)cc3)CC2)c2nc(Br)ccc21. The number of anilines is 1. The van der Waals surface area contributed by atoms with Gasteiger partial charge >= 0.3 is 0 Å². The van der Waals surface area contributed by atoms with Gasteiger partial charge in [-0.1, -0.05) is 42.5 Å². The maximum Gasteiger partial charge on any atom is 0.270 e. The number of nitrogens with zero attached hydrogens (tertiary/aromatic N) is 5. The van der Waals surface area contributed by atoms with Crippen molar-refractivity contribution in [1.29, 1.82) is 5.26 Å². The number of halogens is 2. The number of hydrogen-bond donors (Lipinski definition) is 0. The Labute approximate surface area is 211 Å². The quantitative estimate of drug-likeness (QED) is 0.359. The standard InChI is InChI=1S/C27H23BrFN5O/c1-32-22-11-12-23(28)31-24(22)26(21(17-30)27(32)35)34-15-13-33(14-16-34)25(18-5-3-2-4-6-18)19-7-9-20(29)10-8-19/h2-12,25H,13-16H2,1H3. The molecule has 0 spiro atoms. The van der Waals surface area contributed by atoms with Crippen molar-refractivity contribution < 1.29 is 4.39 Å². The molecule has 0 amide bonds. The summed E-state index contributed by atoms with van der Waals surface area (Å²) < 4.78 is 15.8. The maximum atomic E-state index is 13.6. The van der Waals surface area contributed by atoms with E-state index in [1.165, 1.54) is 16.7 Å². The van der Waals surface area contributed by atoms with E-state index in [0.717, 1.165) is 11.1 Å². The van der Waals surface area contributed by atoms with Gasteiger partial charge in [-0.25, -0.2) is 9.37 Å². The van der Waals surface area contributed by atoms with Gasteiger partial charge in [-0.15, -0.1) is 0 Å². The molecule has 0 radical (unpaired) electrons. The minimum Gasteiger partial charge on any atom is -0.366 e. The summed E-state index contributed by atoms with van der Waals surface area (Å²) in [7, 11) is 1.66. The lowest BCUT2D eigenvalue weighted by atomic mass is 9.96. The average molecular weight is 532 g/mol. The maximum absolute atomic E-state index is 13.6. The first kappa shape index (κ1) is 23.2. The van der Waals surface area contributed by atoms with Gasteiger partial charge in [0, 0.05) is 33.2 Å². The number of piperazine rings is 1. The highest BCUT2D eigenvalue weighted by Gasteiger charge is 2.29. The number of fused-ring (bicyclic) bond motifs is 1. The first-order chi connectivity index (χ1) is 17.0. The van der Waals surface area contributed by atoms with Gasteiger partial charge in [0.05, 0.1) is 17.2 Å². The molecule has 0 bridgehead atoms. The van der Waals surface area contributed by atoms with Gasteiger partial charge < -0.3 is 9.47 Å². The molecule has 1 unspecified atom stereocenters. The molecular weight excluding hydrogens is 509 g/mol. The van der Waals surface area contributed by atoms with Crippen LogP contribution >= 0.6 is 15.9 Å². The van der Waals surface area contributed by atoms with Gasteiger partial charge in [0.2, 0.25) is 0 Å².